The summed E-state index contributed by atoms with van der Waals surface area (Å²) in [5.41, 5.74) is -0.459. The van der Waals surface area contributed by atoms with Crippen LogP contribution in [0.2, 0.25) is 0 Å². The average molecular weight is 357 g/mol. The lowest BCUT2D eigenvalue weighted by Crippen LogP contribution is -2.30. The summed E-state index contributed by atoms with van der Waals surface area (Å²) in [6.45, 7) is 0. The number of carbonyl (C=O) groups excluding carboxylic acids is 4. The van der Waals surface area contributed by atoms with Crippen LogP contribution in [0.25, 0.3) is 0 Å². The summed E-state index contributed by atoms with van der Waals surface area (Å²) >= 11 is 0. The molecular formula is C17H31N3O5. The van der Waals surface area contributed by atoms with E-state index in [9.17, 15) is 19.2 Å². The van der Waals surface area contributed by atoms with Crippen molar-refractivity contribution in [2.45, 2.75) is 51.4 Å². The van der Waals surface area contributed by atoms with E-state index in [-0.39, 0.29) is 49.4 Å². The van der Waals surface area contributed by atoms with Gasteiger partial charge in [0, 0.05) is 46.8 Å². The number of hydrogen-bond acceptors (Lipinski definition) is 5. The maximum Gasteiger partial charge on any atom is 0.305 e. The third-order valence-electron chi connectivity index (χ3n) is 4.57. The van der Waals surface area contributed by atoms with Crippen LogP contribution in [0.4, 0.5) is 0 Å². The van der Waals surface area contributed by atoms with Crippen LogP contribution < -0.4 is 16.0 Å². The van der Waals surface area contributed by atoms with Gasteiger partial charge in [0.1, 0.15) is 0 Å². The highest BCUT2D eigenvalue weighted by molar-refractivity contribution is 5.77. The number of amides is 3. The van der Waals surface area contributed by atoms with Crippen molar-refractivity contribution < 1.29 is 23.9 Å². The van der Waals surface area contributed by atoms with Crippen molar-refractivity contribution in [2.75, 3.05) is 28.3 Å². The summed E-state index contributed by atoms with van der Waals surface area (Å²) in [6.07, 6.45) is 2.97. The molecule has 0 aliphatic heterocycles. The Morgan fingerprint density at radius 3 is 1.28 bits per heavy atom. The lowest BCUT2D eigenvalue weighted by molar-refractivity contribution is -0.141. The molecule has 8 nitrogen and oxygen atoms in total. The minimum Gasteiger partial charge on any atom is -0.469 e. The van der Waals surface area contributed by atoms with E-state index in [0.29, 0.717) is 25.7 Å². The molecule has 0 heterocycles. The molecule has 3 N–H and O–H groups in total. The molecule has 0 atom stereocenters. The predicted molar refractivity (Wildman–Crippen MR) is 93.6 cm³/mol. The van der Waals surface area contributed by atoms with Crippen LogP contribution in [0.15, 0.2) is 0 Å². The Bertz CT molecular complexity index is 380. The Hall–Kier alpha value is -2.12. The van der Waals surface area contributed by atoms with E-state index in [2.05, 4.69) is 16.0 Å². The van der Waals surface area contributed by atoms with Crippen molar-refractivity contribution in [3.8, 4) is 0 Å². The van der Waals surface area contributed by atoms with E-state index in [1.54, 1.807) is 21.1 Å². The molecule has 0 unspecified atom stereocenters. The summed E-state index contributed by atoms with van der Waals surface area (Å²) < 4.78 is 4.71. The third kappa shape index (κ3) is 9.69. The van der Waals surface area contributed by atoms with Crippen molar-refractivity contribution in [1.29, 1.82) is 0 Å². The minimum atomic E-state index is -0.459. The van der Waals surface area contributed by atoms with Crippen molar-refractivity contribution in [3.05, 3.63) is 0 Å². The van der Waals surface area contributed by atoms with Gasteiger partial charge in [0.2, 0.25) is 17.7 Å². The van der Waals surface area contributed by atoms with Crippen LogP contribution >= 0.6 is 0 Å². The molecule has 144 valence electrons. The predicted octanol–water partition coefficient (Wildman–Crippen LogP) is 0.505. The number of nitrogens with one attached hydrogen (secondary N) is 3. The zero-order valence-electron chi connectivity index (χ0n) is 15.7. The molecule has 0 radical (unpaired) electrons. The minimum absolute atomic E-state index is 0.109. The van der Waals surface area contributed by atoms with E-state index < -0.39 is 5.41 Å². The van der Waals surface area contributed by atoms with Crippen LogP contribution in [-0.2, 0) is 23.9 Å². The Kier molecular flexibility index (Phi) is 11.2. The van der Waals surface area contributed by atoms with Crippen LogP contribution in [-0.4, -0.2) is 51.9 Å². The van der Waals surface area contributed by atoms with Crippen LogP contribution in [0, 0.1) is 5.41 Å². The van der Waals surface area contributed by atoms with E-state index in [1.165, 1.54) is 7.11 Å². The molecule has 0 aliphatic carbocycles. The van der Waals surface area contributed by atoms with Gasteiger partial charge in [-0.3, -0.25) is 19.2 Å². The highest BCUT2D eigenvalue weighted by Crippen LogP contribution is 2.40. The second kappa shape index (κ2) is 12.3. The molecule has 0 aliphatic rings. The monoisotopic (exact) mass is 357 g/mol. The maximum absolute atomic E-state index is 11.7. The van der Waals surface area contributed by atoms with E-state index in [1.807, 2.05) is 0 Å². The summed E-state index contributed by atoms with van der Waals surface area (Å²) in [7, 11) is 6.01. The highest BCUT2D eigenvalue weighted by atomic mass is 16.5. The Labute approximate surface area is 149 Å². The topological polar surface area (TPSA) is 114 Å². The van der Waals surface area contributed by atoms with Gasteiger partial charge in [-0.2, -0.15) is 0 Å². The van der Waals surface area contributed by atoms with E-state index in [4.69, 9.17) is 4.74 Å². The first-order valence-electron chi connectivity index (χ1n) is 8.51. The summed E-state index contributed by atoms with van der Waals surface area (Å²) in [5.74, 6) is -0.670. The normalized spacial score (nSPS) is 10.7. The van der Waals surface area contributed by atoms with Gasteiger partial charge in [0.25, 0.3) is 0 Å². The summed E-state index contributed by atoms with van der Waals surface area (Å²) in [4.78, 5) is 46.6. The lowest BCUT2D eigenvalue weighted by atomic mass is 9.71. The molecule has 25 heavy (non-hydrogen) atoms. The van der Waals surface area contributed by atoms with Gasteiger partial charge in [0.05, 0.1) is 7.11 Å². The lowest BCUT2D eigenvalue weighted by Gasteiger charge is -2.33. The maximum atomic E-state index is 11.7. The molecule has 0 saturated heterocycles. The van der Waals surface area contributed by atoms with Gasteiger partial charge in [-0.05, 0) is 31.1 Å². The molecule has 0 rings (SSSR count). The second-order valence-electron chi connectivity index (χ2n) is 6.10. The highest BCUT2D eigenvalue weighted by Gasteiger charge is 2.32. The molecule has 0 bridgehead atoms. The molecule has 0 fully saturated rings. The smallest absolute Gasteiger partial charge is 0.305 e. The number of methoxy groups -OCH3 is 1. The standard InChI is InChI=1S/C17H31N3O5/c1-18-13(21)5-9-17(10-6-14(22)19-2,11-7-15(23)20-3)12-8-16(24)25-4/h5-12H2,1-4H3,(H,18,21)(H,19,22)(H,20,23). The molecule has 8 heteroatoms. The molecule has 0 spiro atoms. The van der Waals surface area contributed by atoms with Gasteiger partial charge < -0.3 is 20.7 Å². The Balaban J connectivity index is 5.24. The number of ether oxygens (including phenoxy) is 1. The molecule has 0 aromatic carbocycles. The summed E-state index contributed by atoms with van der Waals surface area (Å²) in [5, 5.41) is 7.73. The van der Waals surface area contributed by atoms with Crippen molar-refractivity contribution >= 4 is 23.7 Å². The molecule has 0 saturated carbocycles. The number of esters is 1. The fourth-order valence-corrected chi connectivity index (χ4v) is 2.73. The number of hydrogen-bond donors (Lipinski definition) is 3. The third-order valence-corrected chi connectivity index (χ3v) is 4.57. The van der Waals surface area contributed by atoms with Crippen molar-refractivity contribution in [2.24, 2.45) is 5.41 Å². The van der Waals surface area contributed by atoms with Crippen LogP contribution in [0.3, 0.4) is 0 Å². The zero-order chi connectivity index (χ0) is 19.3. The van der Waals surface area contributed by atoms with Crippen molar-refractivity contribution in [3.63, 3.8) is 0 Å². The molecule has 0 aromatic rings. The van der Waals surface area contributed by atoms with E-state index >= 15 is 0 Å². The average Bonchev–Trinajstić information content (AvgIpc) is 2.65. The zero-order valence-corrected chi connectivity index (χ0v) is 15.7. The number of carbonyl (C=O) groups is 4. The molecule has 3 amide bonds. The Morgan fingerprint density at radius 1 is 0.680 bits per heavy atom. The largest absolute Gasteiger partial charge is 0.469 e. The molecule has 0 aromatic heterocycles. The van der Waals surface area contributed by atoms with Gasteiger partial charge in [0.15, 0.2) is 0 Å². The van der Waals surface area contributed by atoms with Crippen LogP contribution in [0.1, 0.15) is 51.4 Å². The Morgan fingerprint density at radius 2 is 1.00 bits per heavy atom. The SMILES string of the molecule is CNC(=O)CCC(CCC(=O)NC)(CCC(=O)NC)CCC(=O)OC. The van der Waals surface area contributed by atoms with Gasteiger partial charge in [-0.25, -0.2) is 0 Å². The van der Waals surface area contributed by atoms with E-state index in [0.717, 1.165) is 0 Å². The summed E-state index contributed by atoms with van der Waals surface area (Å²) in [6, 6.07) is 0. The molecular weight excluding hydrogens is 326 g/mol. The first kappa shape index (κ1) is 22.9. The quantitative estimate of drug-likeness (QED) is 0.440. The van der Waals surface area contributed by atoms with Gasteiger partial charge >= 0.3 is 5.97 Å². The first-order chi connectivity index (χ1) is 11.8. The fourth-order valence-electron chi connectivity index (χ4n) is 2.73. The van der Waals surface area contributed by atoms with Crippen molar-refractivity contribution in [1.82, 2.24) is 16.0 Å². The number of rotatable bonds is 12. The van der Waals surface area contributed by atoms with Gasteiger partial charge in [-0.15, -0.1) is 0 Å². The second-order valence-corrected chi connectivity index (χ2v) is 6.10. The first-order valence-corrected chi connectivity index (χ1v) is 8.51. The van der Waals surface area contributed by atoms with Crippen LogP contribution in [0.5, 0.6) is 0 Å². The van der Waals surface area contributed by atoms with Gasteiger partial charge in [-0.1, -0.05) is 0 Å². The fraction of sp³-hybridized carbons (Fsp3) is 0.765.